The molecule has 0 bridgehead atoms. The second kappa shape index (κ2) is 7.11. The van der Waals surface area contributed by atoms with Gasteiger partial charge in [0.1, 0.15) is 0 Å². The van der Waals surface area contributed by atoms with Gasteiger partial charge in [0, 0.05) is 12.1 Å². The van der Waals surface area contributed by atoms with Gasteiger partial charge >= 0.3 is 0 Å². The van der Waals surface area contributed by atoms with E-state index in [4.69, 9.17) is 0 Å². The number of nitrogens with one attached hydrogen (secondary N) is 1. The Hall–Kier alpha value is -1.31. The second-order valence-corrected chi connectivity index (χ2v) is 7.69. The van der Waals surface area contributed by atoms with Crippen LogP contribution in [0.4, 0.5) is 0 Å². The third-order valence-corrected chi connectivity index (χ3v) is 3.76. The lowest BCUT2D eigenvalue weighted by atomic mass is 9.83. The van der Waals surface area contributed by atoms with Crippen LogP contribution in [0.3, 0.4) is 0 Å². The van der Waals surface area contributed by atoms with Crippen LogP contribution < -0.4 is 5.32 Å². The van der Waals surface area contributed by atoms with E-state index in [1.54, 1.807) is 0 Å². The Labute approximate surface area is 130 Å². The van der Waals surface area contributed by atoms with Crippen LogP contribution in [0.5, 0.6) is 0 Å². The Morgan fingerprint density at radius 1 is 1.10 bits per heavy atom. The first-order chi connectivity index (χ1) is 9.61. The quantitative estimate of drug-likeness (QED) is 0.822. The fourth-order valence-electron chi connectivity index (χ4n) is 2.13. The maximum atomic E-state index is 12.4. The Balaban J connectivity index is 3.00. The molecule has 0 fully saturated rings. The molecule has 1 rings (SSSR count). The zero-order valence-corrected chi connectivity index (χ0v) is 14.7. The molecule has 1 aromatic rings. The zero-order valence-electron chi connectivity index (χ0n) is 14.7. The standard InChI is InChI=1S/C19H31NO/c1-13(2)8-9-20-18(21)16-10-15(14(3)4)11-17(12-16)19(5,6)7/h10-14H,8-9H2,1-7H3,(H,20,21). The molecular weight excluding hydrogens is 258 g/mol. The minimum Gasteiger partial charge on any atom is -0.352 e. The molecule has 0 heterocycles. The van der Waals surface area contributed by atoms with E-state index in [2.05, 4.69) is 59.8 Å². The summed E-state index contributed by atoms with van der Waals surface area (Å²) in [6.07, 6.45) is 1.02. The first-order valence-electron chi connectivity index (χ1n) is 8.05. The smallest absolute Gasteiger partial charge is 0.251 e. The van der Waals surface area contributed by atoms with Crippen molar-refractivity contribution in [3.8, 4) is 0 Å². The molecule has 1 aromatic carbocycles. The second-order valence-electron chi connectivity index (χ2n) is 7.69. The SMILES string of the molecule is CC(C)CCNC(=O)c1cc(C(C)C)cc(C(C)(C)C)c1. The maximum Gasteiger partial charge on any atom is 0.251 e. The van der Waals surface area contributed by atoms with Crippen LogP contribution >= 0.6 is 0 Å². The molecule has 0 saturated carbocycles. The topological polar surface area (TPSA) is 29.1 Å². The van der Waals surface area contributed by atoms with Gasteiger partial charge in [-0.2, -0.15) is 0 Å². The van der Waals surface area contributed by atoms with E-state index in [1.807, 2.05) is 12.1 Å². The molecule has 2 nitrogen and oxygen atoms in total. The van der Waals surface area contributed by atoms with Crippen LogP contribution in [0, 0.1) is 5.92 Å². The summed E-state index contributed by atoms with van der Waals surface area (Å²) in [5.41, 5.74) is 3.30. The van der Waals surface area contributed by atoms with Gasteiger partial charge in [-0.1, -0.05) is 54.5 Å². The molecule has 118 valence electrons. The highest BCUT2D eigenvalue weighted by atomic mass is 16.1. The highest BCUT2D eigenvalue weighted by Gasteiger charge is 2.18. The molecular formula is C19H31NO. The molecule has 0 aliphatic rings. The van der Waals surface area contributed by atoms with Gasteiger partial charge in [-0.15, -0.1) is 0 Å². The van der Waals surface area contributed by atoms with E-state index in [1.165, 1.54) is 11.1 Å². The van der Waals surface area contributed by atoms with Gasteiger partial charge in [0.2, 0.25) is 0 Å². The van der Waals surface area contributed by atoms with E-state index < -0.39 is 0 Å². The van der Waals surface area contributed by atoms with Crippen molar-refractivity contribution >= 4 is 5.91 Å². The molecule has 0 unspecified atom stereocenters. The van der Waals surface area contributed by atoms with Crippen LogP contribution in [0.15, 0.2) is 18.2 Å². The highest BCUT2D eigenvalue weighted by Crippen LogP contribution is 2.27. The highest BCUT2D eigenvalue weighted by molar-refractivity contribution is 5.94. The van der Waals surface area contributed by atoms with E-state index in [0.29, 0.717) is 11.8 Å². The Morgan fingerprint density at radius 2 is 1.71 bits per heavy atom. The number of carbonyl (C=O) groups excluding carboxylic acids is 1. The summed E-state index contributed by atoms with van der Waals surface area (Å²) in [4.78, 5) is 12.4. The van der Waals surface area contributed by atoms with Crippen molar-refractivity contribution in [2.75, 3.05) is 6.54 Å². The molecule has 21 heavy (non-hydrogen) atoms. The minimum absolute atomic E-state index is 0.0450. The third-order valence-electron chi connectivity index (χ3n) is 3.76. The summed E-state index contributed by atoms with van der Waals surface area (Å²) in [5, 5.41) is 3.04. The van der Waals surface area contributed by atoms with E-state index >= 15 is 0 Å². The summed E-state index contributed by atoms with van der Waals surface area (Å²) < 4.78 is 0. The van der Waals surface area contributed by atoms with Gasteiger partial charge in [-0.05, 0) is 46.9 Å². The fourth-order valence-corrected chi connectivity index (χ4v) is 2.13. The molecule has 0 saturated heterocycles. The third kappa shape index (κ3) is 5.53. The number of carbonyl (C=O) groups is 1. The van der Waals surface area contributed by atoms with Crippen LogP contribution in [-0.4, -0.2) is 12.5 Å². The average molecular weight is 289 g/mol. The number of amides is 1. The van der Waals surface area contributed by atoms with Crippen molar-refractivity contribution in [2.24, 2.45) is 5.92 Å². The molecule has 1 amide bonds. The van der Waals surface area contributed by atoms with E-state index in [-0.39, 0.29) is 11.3 Å². The summed E-state index contributed by atoms with van der Waals surface area (Å²) in [5.74, 6) is 1.08. The van der Waals surface area contributed by atoms with Gasteiger partial charge in [-0.3, -0.25) is 4.79 Å². The van der Waals surface area contributed by atoms with Crippen molar-refractivity contribution in [3.63, 3.8) is 0 Å². The first kappa shape index (κ1) is 17.7. The molecule has 0 aliphatic heterocycles. The lowest BCUT2D eigenvalue weighted by Gasteiger charge is -2.22. The Kier molecular flexibility index (Phi) is 6.00. The van der Waals surface area contributed by atoms with E-state index in [0.717, 1.165) is 18.5 Å². The zero-order chi connectivity index (χ0) is 16.2. The van der Waals surface area contributed by atoms with Crippen LogP contribution in [-0.2, 0) is 5.41 Å². The summed E-state index contributed by atoms with van der Waals surface area (Å²) in [6.45, 7) is 16.0. The first-order valence-corrected chi connectivity index (χ1v) is 8.05. The lowest BCUT2D eigenvalue weighted by molar-refractivity contribution is 0.0952. The van der Waals surface area contributed by atoms with Crippen molar-refractivity contribution in [2.45, 2.75) is 66.2 Å². The summed E-state index contributed by atoms with van der Waals surface area (Å²) in [7, 11) is 0. The number of benzene rings is 1. The van der Waals surface area contributed by atoms with Crippen LogP contribution in [0.1, 0.15) is 82.3 Å². The van der Waals surface area contributed by atoms with Gasteiger partial charge in [0.15, 0.2) is 0 Å². The molecule has 0 spiro atoms. The Bertz CT molecular complexity index is 481. The van der Waals surface area contributed by atoms with Gasteiger partial charge in [-0.25, -0.2) is 0 Å². The number of rotatable bonds is 5. The van der Waals surface area contributed by atoms with Crippen molar-refractivity contribution in [1.82, 2.24) is 5.32 Å². The number of hydrogen-bond acceptors (Lipinski definition) is 1. The maximum absolute atomic E-state index is 12.4. The fraction of sp³-hybridized carbons (Fsp3) is 0.632. The Morgan fingerprint density at radius 3 is 2.19 bits per heavy atom. The number of hydrogen-bond donors (Lipinski definition) is 1. The molecule has 1 N–H and O–H groups in total. The predicted octanol–water partition coefficient (Wildman–Crippen LogP) is 4.88. The summed E-state index contributed by atoms with van der Waals surface area (Å²) in [6, 6.07) is 6.30. The molecule has 0 aromatic heterocycles. The van der Waals surface area contributed by atoms with Gasteiger partial charge in [0.25, 0.3) is 5.91 Å². The lowest BCUT2D eigenvalue weighted by Crippen LogP contribution is -2.26. The molecule has 0 aliphatic carbocycles. The van der Waals surface area contributed by atoms with Gasteiger partial charge < -0.3 is 5.32 Å². The normalized spacial score (nSPS) is 12.0. The van der Waals surface area contributed by atoms with Crippen LogP contribution in [0.25, 0.3) is 0 Å². The van der Waals surface area contributed by atoms with Gasteiger partial charge in [0.05, 0.1) is 0 Å². The van der Waals surface area contributed by atoms with Crippen molar-refractivity contribution in [3.05, 3.63) is 34.9 Å². The van der Waals surface area contributed by atoms with Crippen molar-refractivity contribution in [1.29, 1.82) is 0 Å². The predicted molar refractivity (Wildman–Crippen MR) is 91.0 cm³/mol. The van der Waals surface area contributed by atoms with E-state index in [9.17, 15) is 4.79 Å². The van der Waals surface area contributed by atoms with Crippen LogP contribution in [0.2, 0.25) is 0 Å². The molecule has 0 radical (unpaired) electrons. The largest absolute Gasteiger partial charge is 0.352 e. The monoisotopic (exact) mass is 289 g/mol. The minimum atomic E-state index is 0.0450. The average Bonchev–Trinajstić information content (AvgIpc) is 2.36. The summed E-state index contributed by atoms with van der Waals surface area (Å²) >= 11 is 0. The molecule has 0 atom stereocenters. The molecule has 2 heteroatoms. The van der Waals surface area contributed by atoms with Crippen molar-refractivity contribution < 1.29 is 4.79 Å².